The Bertz CT molecular complexity index is 267. The summed E-state index contributed by atoms with van der Waals surface area (Å²) < 4.78 is 31.3. The predicted octanol–water partition coefficient (Wildman–Crippen LogP) is 0.242. The van der Waals surface area contributed by atoms with Crippen LogP contribution < -0.4 is 5.32 Å². The predicted molar refractivity (Wildman–Crippen MR) is 89.3 cm³/mol. The quantitative estimate of drug-likeness (QED) is 0.334. The van der Waals surface area contributed by atoms with Gasteiger partial charge in [0.25, 0.3) is 0 Å². The van der Waals surface area contributed by atoms with Crippen molar-refractivity contribution in [2.45, 2.75) is 13.8 Å². The molecule has 8 nitrogen and oxygen atoms in total. The Morgan fingerprint density at radius 2 is 1.04 bits per heavy atom. The lowest BCUT2D eigenvalue weighted by Crippen LogP contribution is -2.31. The van der Waals surface area contributed by atoms with E-state index in [1.807, 2.05) is 13.8 Å². The fourth-order valence-corrected chi connectivity index (χ4v) is 1.54. The van der Waals surface area contributed by atoms with Crippen LogP contribution in [-0.2, 0) is 33.2 Å². The molecule has 1 amide bonds. The van der Waals surface area contributed by atoms with Crippen molar-refractivity contribution in [1.29, 1.82) is 0 Å². The molecule has 0 radical (unpaired) electrons. The van der Waals surface area contributed by atoms with Crippen molar-refractivity contribution in [3.05, 3.63) is 0 Å². The third-order valence-corrected chi connectivity index (χ3v) is 2.70. The standard InChI is InChI=1S/C16H33NO7/c1-3-19-7-9-21-6-5-17-16(18)15-24-14-13-23-12-11-22-10-8-20-4-2/h3-15H2,1-2H3,(H,17,18). The average Bonchev–Trinajstić information content (AvgIpc) is 2.59. The van der Waals surface area contributed by atoms with Gasteiger partial charge in [0.1, 0.15) is 6.61 Å². The molecule has 0 aliphatic rings. The van der Waals surface area contributed by atoms with E-state index >= 15 is 0 Å². The Hall–Kier alpha value is -0.770. The van der Waals surface area contributed by atoms with E-state index in [0.29, 0.717) is 79.2 Å². The zero-order valence-electron chi connectivity index (χ0n) is 15.1. The molecule has 0 heterocycles. The lowest BCUT2D eigenvalue weighted by Gasteiger charge is -2.08. The highest BCUT2D eigenvalue weighted by atomic mass is 16.6. The molecule has 0 bridgehead atoms. The van der Waals surface area contributed by atoms with Crippen molar-refractivity contribution in [3.8, 4) is 0 Å². The molecule has 0 atom stereocenters. The van der Waals surface area contributed by atoms with Gasteiger partial charge >= 0.3 is 0 Å². The molecule has 0 fully saturated rings. The van der Waals surface area contributed by atoms with Crippen molar-refractivity contribution in [3.63, 3.8) is 0 Å². The highest BCUT2D eigenvalue weighted by Gasteiger charge is 2.00. The average molecular weight is 351 g/mol. The van der Waals surface area contributed by atoms with E-state index in [1.54, 1.807) is 0 Å². The summed E-state index contributed by atoms with van der Waals surface area (Å²) in [6.07, 6.45) is 0. The first-order valence-electron chi connectivity index (χ1n) is 8.54. The van der Waals surface area contributed by atoms with E-state index < -0.39 is 0 Å². The van der Waals surface area contributed by atoms with Crippen LogP contribution in [0.3, 0.4) is 0 Å². The maximum Gasteiger partial charge on any atom is 0.246 e. The van der Waals surface area contributed by atoms with Gasteiger partial charge in [0, 0.05) is 19.8 Å². The fourth-order valence-electron chi connectivity index (χ4n) is 1.54. The molecule has 8 heteroatoms. The number of hydrogen-bond acceptors (Lipinski definition) is 7. The maximum absolute atomic E-state index is 11.4. The van der Waals surface area contributed by atoms with Crippen LogP contribution in [0.4, 0.5) is 0 Å². The van der Waals surface area contributed by atoms with Crippen molar-refractivity contribution in [2.24, 2.45) is 0 Å². The van der Waals surface area contributed by atoms with Crippen LogP contribution in [-0.4, -0.2) is 91.7 Å². The van der Waals surface area contributed by atoms with E-state index in [9.17, 15) is 4.79 Å². The van der Waals surface area contributed by atoms with Gasteiger partial charge in [-0.3, -0.25) is 4.79 Å². The van der Waals surface area contributed by atoms with E-state index in [2.05, 4.69) is 5.32 Å². The maximum atomic E-state index is 11.4. The molecule has 0 aliphatic carbocycles. The second-order valence-electron chi connectivity index (χ2n) is 4.63. The van der Waals surface area contributed by atoms with Gasteiger partial charge in [-0.1, -0.05) is 0 Å². The molecule has 0 aromatic carbocycles. The molecule has 0 saturated heterocycles. The minimum Gasteiger partial charge on any atom is -0.379 e. The molecule has 0 rings (SSSR count). The summed E-state index contributed by atoms with van der Waals surface area (Å²) >= 11 is 0. The molecule has 0 aromatic rings. The molecular formula is C16H33NO7. The number of nitrogens with one attached hydrogen (secondary N) is 1. The first kappa shape index (κ1) is 23.2. The van der Waals surface area contributed by atoms with Crippen molar-refractivity contribution in [2.75, 3.05) is 85.8 Å². The molecular weight excluding hydrogens is 318 g/mol. The number of amides is 1. The van der Waals surface area contributed by atoms with Crippen molar-refractivity contribution in [1.82, 2.24) is 5.32 Å². The van der Waals surface area contributed by atoms with Crippen LogP contribution in [0.1, 0.15) is 13.8 Å². The Kier molecular flexibility index (Phi) is 19.6. The summed E-state index contributed by atoms with van der Waals surface area (Å²) in [5, 5.41) is 2.71. The highest BCUT2D eigenvalue weighted by molar-refractivity contribution is 5.77. The molecule has 0 spiro atoms. The smallest absolute Gasteiger partial charge is 0.246 e. The number of rotatable bonds is 19. The van der Waals surface area contributed by atoms with Gasteiger partial charge < -0.3 is 33.7 Å². The molecule has 144 valence electrons. The number of carbonyl (C=O) groups is 1. The van der Waals surface area contributed by atoms with Crippen LogP contribution in [0, 0.1) is 0 Å². The minimum absolute atomic E-state index is 0.0210. The summed E-state index contributed by atoms with van der Waals surface area (Å²) in [4.78, 5) is 11.4. The van der Waals surface area contributed by atoms with Gasteiger partial charge in [0.15, 0.2) is 0 Å². The molecule has 24 heavy (non-hydrogen) atoms. The fraction of sp³-hybridized carbons (Fsp3) is 0.938. The van der Waals surface area contributed by atoms with Crippen LogP contribution in [0.25, 0.3) is 0 Å². The van der Waals surface area contributed by atoms with E-state index in [0.717, 1.165) is 0 Å². The molecule has 0 aliphatic heterocycles. The lowest BCUT2D eigenvalue weighted by molar-refractivity contribution is -0.126. The molecule has 1 N–H and O–H groups in total. The number of carbonyl (C=O) groups excluding carboxylic acids is 1. The second kappa shape index (κ2) is 20.3. The van der Waals surface area contributed by atoms with Gasteiger partial charge in [0.05, 0.1) is 59.5 Å². The third kappa shape index (κ3) is 19.3. The van der Waals surface area contributed by atoms with Gasteiger partial charge in [-0.05, 0) is 13.8 Å². The van der Waals surface area contributed by atoms with Crippen molar-refractivity contribution >= 4 is 5.91 Å². The summed E-state index contributed by atoms with van der Waals surface area (Å²) in [6, 6.07) is 0. The van der Waals surface area contributed by atoms with E-state index in [4.69, 9.17) is 28.4 Å². The Morgan fingerprint density at radius 1 is 0.625 bits per heavy atom. The van der Waals surface area contributed by atoms with E-state index in [-0.39, 0.29) is 12.5 Å². The summed E-state index contributed by atoms with van der Waals surface area (Å²) in [6.45, 7) is 10.3. The molecule has 0 aromatic heterocycles. The Labute approximate surface area is 145 Å². The van der Waals surface area contributed by atoms with Gasteiger partial charge in [0.2, 0.25) is 5.91 Å². The van der Waals surface area contributed by atoms with Gasteiger partial charge in [-0.2, -0.15) is 0 Å². The van der Waals surface area contributed by atoms with Crippen LogP contribution in [0.2, 0.25) is 0 Å². The topological polar surface area (TPSA) is 84.5 Å². The molecule has 0 saturated carbocycles. The normalized spacial score (nSPS) is 10.9. The van der Waals surface area contributed by atoms with Gasteiger partial charge in [-0.15, -0.1) is 0 Å². The Balaban J connectivity index is 3.12. The SMILES string of the molecule is CCOCCOCCNC(=O)COCCOCCOCCOCC. The van der Waals surface area contributed by atoms with Crippen LogP contribution in [0.15, 0.2) is 0 Å². The zero-order valence-corrected chi connectivity index (χ0v) is 15.1. The molecule has 0 unspecified atom stereocenters. The van der Waals surface area contributed by atoms with Crippen LogP contribution >= 0.6 is 0 Å². The zero-order chi connectivity index (χ0) is 17.7. The summed E-state index contributed by atoms with van der Waals surface area (Å²) in [5.41, 5.74) is 0. The monoisotopic (exact) mass is 351 g/mol. The lowest BCUT2D eigenvalue weighted by atomic mass is 10.6. The van der Waals surface area contributed by atoms with Gasteiger partial charge in [-0.25, -0.2) is 0 Å². The van der Waals surface area contributed by atoms with E-state index in [1.165, 1.54) is 0 Å². The largest absolute Gasteiger partial charge is 0.379 e. The highest BCUT2D eigenvalue weighted by Crippen LogP contribution is 1.83. The third-order valence-electron chi connectivity index (χ3n) is 2.70. The second-order valence-corrected chi connectivity index (χ2v) is 4.63. The minimum atomic E-state index is -0.164. The number of ether oxygens (including phenoxy) is 6. The summed E-state index contributed by atoms with van der Waals surface area (Å²) in [7, 11) is 0. The Morgan fingerprint density at radius 3 is 1.54 bits per heavy atom. The number of hydrogen-bond donors (Lipinski definition) is 1. The first-order valence-corrected chi connectivity index (χ1v) is 8.54. The first-order chi connectivity index (χ1) is 11.8. The summed E-state index contributed by atoms with van der Waals surface area (Å²) in [5.74, 6) is -0.164. The van der Waals surface area contributed by atoms with Crippen LogP contribution in [0.5, 0.6) is 0 Å². The van der Waals surface area contributed by atoms with Crippen molar-refractivity contribution < 1.29 is 33.2 Å².